The van der Waals surface area contributed by atoms with Gasteiger partial charge in [0, 0.05) is 31.1 Å². The molecule has 0 aromatic heterocycles. The van der Waals surface area contributed by atoms with Crippen LogP contribution in [0.4, 0.5) is 0 Å². The molecule has 0 aromatic rings. The zero-order valence-electron chi connectivity index (χ0n) is 10.0. The van der Waals surface area contributed by atoms with E-state index in [1.54, 1.807) is 0 Å². The fourth-order valence-corrected chi connectivity index (χ4v) is 3.23. The molecule has 3 fully saturated rings. The fourth-order valence-electron chi connectivity index (χ4n) is 3.23. The molecule has 4 heteroatoms. The standard InChI is InChI=1S/C12H22N2O2/c1-12(8-15-6-11(12)13)7-14-4-9-2-3-10(5-14)16-9/h9-11H,2-8,13H2,1H3. The van der Waals surface area contributed by atoms with Gasteiger partial charge in [0.15, 0.2) is 0 Å². The van der Waals surface area contributed by atoms with Gasteiger partial charge >= 0.3 is 0 Å². The average molecular weight is 226 g/mol. The number of morpholine rings is 1. The van der Waals surface area contributed by atoms with Crippen LogP contribution >= 0.6 is 0 Å². The van der Waals surface area contributed by atoms with Crippen molar-refractivity contribution in [1.82, 2.24) is 4.90 Å². The van der Waals surface area contributed by atoms with Gasteiger partial charge in [0.1, 0.15) is 0 Å². The molecule has 2 bridgehead atoms. The van der Waals surface area contributed by atoms with Crippen LogP contribution < -0.4 is 5.73 Å². The number of rotatable bonds is 2. The van der Waals surface area contributed by atoms with E-state index in [-0.39, 0.29) is 11.5 Å². The highest BCUT2D eigenvalue weighted by atomic mass is 16.5. The smallest absolute Gasteiger partial charge is 0.0707 e. The number of likely N-dealkylation sites (tertiary alicyclic amines) is 1. The molecule has 4 nitrogen and oxygen atoms in total. The van der Waals surface area contributed by atoms with Crippen LogP contribution in [0.25, 0.3) is 0 Å². The summed E-state index contributed by atoms with van der Waals surface area (Å²) in [5, 5.41) is 0. The Morgan fingerprint density at radius 3 is 2.56 bits per heavy atom. The maximum atomic E-state index is 6.13. The summed E-state index contributed by atoms with van der Waals surface area (Å²) in [4.78, 5) is 2.53. The fraction of sp³-hybridized carbons (Fsp3) is 1.00. The van der Waals surface area contributed by atoms with E-state index in [2.05, 4.69) is 11.8 Å². The summed E-state index contributed by atoms with van der Waals surface area (Å²) < 4.78 is 11.3. The maximum absolute atomic E-state index is 6.13. The van der Waals surface area contributed by atoms with Crippen LogP contribution in [0.5, 0.6) is 0 Å². The van der Waals surface area contributed by atoms with E-state index in [0.717, 1.165) is 26.2 Å². The Morgan fingerprint density at radius 1 is 1.31 bits per heavy atom. The highest BCUT2D eigenvalue weighted by Gasteiger charge is 2.42. The van der Waals surface area contributed by atoms with E-state index in [0.29, 0.717) is 18.8 Å². The lowest BCUT2D eigenvalue weighted by molar-refractivity contribution is -0.0504. The van der Waals surface area contributed by atoms with E-state index < -0.39 is 0 Å². The molecule has 3 rings (SSSR count). The van der Waals surface area contributed by atoms with Crippen molar-refractivity contribution in [2.45, 2.75) is 38.0 Å². The topological polar surface area (TPSA) is 47.7 Å². The van der Waals surface area contributed by atoms with Crippen molar-refractivity contribution in [2.75, 3.05) is 32.8 Å². The third-order valence-electron chi connectivity index (χ3n) is 4.33. The number of nitrogens with zero attached hydrogens (tertiary/aromatic N) is 1. The summed E-state index contributed by atoms with van der Waals surface area (Å²) in [7, 11) is 0. The van der Waals surface area contributed by atoms with E-state index >= 15 is 0 Å². The molecule has 16 heavy (non-hydrogen) atoms. The van der Waals surface area contributed by atoms with Crippen molar-refractivity contribution in [2.24, 2.45) is 11.1 Å². The van der Waals surface area contributed by atoms with Crippen molar-refractivity contribution in [3.8, 4) is 0 Å². The summed E-state index contributed by atoms with van der Waals surface area (Å²) in [5.74, 6) is 0. The van der Waals surface area contributed by atoms with Gasteiger partial charge in [-0.3, -0.25) is 4.90 Å². The van der Waals surface area contributed by atoms with Crippen LogP contribution in [0.15, 0.2) is 0 Å². The minimum Gasteiger partial charge on any atom is -0.379 e. The predicted octanol–water partition coefficient (Wildman–Crippen LogP) is 0.213. The second-order valence-electron chi connectivity index (χ2n) is 5.93. The number of fused-ring (bicyclic) bond motifs is 2. The molecule has 3 heterocycles. The van der Waals surface area contributed by atoms with E-state index in [4.69, 9.17) is 15.2 Å². The van der Waals surface area contributed by atoms with Crippen molar-refractivity contribution in [1.29, 1.82) is 0 Å². The van der Waals surface area contributed by atoms with E-state index in [9.17, 15) is 0 Å². The first-order valence-electron chi connectivity index (χ1n) is 6.37. The van der Waals surface area contributed by atoms with Crippen molar-refractivity contribution in [3.63, 3.8) is 0 Å². The van der Waals surface area contributed by atoms with Crippen LogP contribution in [0.2, 0.25) is 0 Å². The Balaban J connectivity index is 1.62. The highest BCUT2D eigenvalue weighted by Crippen LogP contribution is 2.32. The number of ether oxygens (including phenoxy) is 2. The lowest BCUT2D eigenvalue weighted by Gasteiger charge is -2.38. The lowest BCUT2D eigenvalue weighted by Crippen LogP contribution is -2.51. The molecule has 0 spiro atoms. The molecule has 0 aliphatic carbocycles. The molecule has 0 amide bonds. The monoisotopic (exact) mass is 226 g/mol. The predicted molar refractivity (Wildman–Crippen MR) is 61.2 cm³/mol. The summed E-state index contributed by atoms with van der Waals surface area (Å²) in [6.07, 6.45) is 3.42. The molecule has 2 N–H and O–H groups in total. The van der Waals surface area contributed by atoms with Crippen LogP contribution in [-0.2, 0) is 9.47 Å². The third kappa shape index (κ3) is 1.88. The quantitative estimate of drug-likeness (QED) is 0.731. The van der Waals surface area contributed by atoms with Gasteiger partial charge in [0.2, 0.25) is 0 Å². The van der Waals surface area contributed by atoms with Crippen LogP contribution in [-0.4, -0.2) is 56.0 Å². The Morgan fingerprint density at radius 2 is 2.00 bits per heavy atom. The molecule has 92 valence electrons. The average Bonchev–Trinajstić information content (AvgIpc) is 2.72. The van der Waals surface area contributed by atoms with E-state index in [1.165, 1.54) is 12.8 Å². The second kappa shape index (κ2) is 3.95. The Kier molecular flexibility index (Phi) is 2.70. The van der Waals surface area contributed by atoms with Crippen molar-refractivity contribution < 1.29 is 9.47 Å². The summed E-state index contributed by atoms with van der Waals surface area (Å²) in [5.41, 5.74) is 6.27. The molecular formula is C12H22N2O2. The maximum Gasteiger partial charge on any atom is 0.0707 e. The van der Waals surface area contributed by atoms with Crippen LogP contribution in [0, 0.1) is 5.41 Å². The number of nitrogens with two attached hydrogens (primary N) is 1. The van der Waals surface area contributed by atoms with Gasteiger partial charge in [-0.25, -0.2) is 0 Å². The lowest BCUT2D eigenvalue weighted by atomic mass is 9.85. The van der Waals surface area contributed by atoms with Gasteiger partial charge < -0.3 is 15.2 Å². The third-order valence-corrected chi connectivity index (χ3v) is 4.33. The SMILES string of the molecule is CC1(CN2CC3CCC(C2)O3)COCC1N. The molecule has 0 radical (unpaired) electrons. The van der Waals surface area contributed by atoms with Crippen molar-refractivity contribution in [3.05, 3.63) is 0 Å². The number of hydrogen-bond acceptors (Lipinski definition) is 4. The van der Waals surface area contributed by atoms with Gasteiger partial charge in [0.25, 0.3) is 0 Å². The molecule has 0 saturated carbocycles. The Bertz CT molecular complexity index is 262. The molecule has 4 unspecified atom stereocenters. The first-order chi connectivity index (χ1) is 7.66. The molecule has 3 saturated heterocycles. The molecule has 3 aliphatic heterocycles. The zero-order chi connectivity index (χ0) is 11.2. The molecule has 3 aliphatic rings. The largest absolute Gasteiger partial charge is 0.379 e. The number of hydrogen-bond donors (Lipinski definition) is 1. The summed E-state index contributed by atoms with van der Waals surface area (Å²) in [6.45, 7) is 7.00. The highest BCUT2D eigenvalue weighted by molar-refractivity contribution is 4.95. The first-order valence-corrected chi connectivity index (χ1v) is 6.37. The Hall–Kier alpha value is -0.160. The van der Waals surface area contributed by atoms with Gasteiger partial charge in [0.05, 0.1) is 25.4 Å². The first kappa shape index (κ1) is 11.0. The van der Waals surface area contributed by atoms with Gasteiger partial charge in [-0.1, -0.05) is 6.92 Å². The van der Waals surface area contributed by atoms with Gasteiger partial charge in [-0.15, -0.1) is 0 Å². The van der Waals surface area contributed by atoms with Crippen LogP contribution in [0.3, 0.4) is 0 Å². The Labute approximate surface area is 97.1 Å². The minimum absolute atomic E-state index is 0.136. The van der Waals surface area contributed by atoms with Crippen LogP contribution in [0.1, 0.15) is 19.8 Å². The zero-order valence-corrected chi connectivity index (χ0v) is 10.0. The molecule has 4 atom stereocenters. The second-order valence-corrected chi connectivity index (χ2v) is 5.93. The van der Waals surface area contributed by atoms with E-state index in [1.807, 2.05) is 0 Å². The molecular weight excluding hydrogens is 204 g/mol. The molecule has 0 aromatic carbocycles. The minimum atomic E-state index is 0.136. The van der Waals surface area contributed by atoms with Gasteiger partial charge in [-0.2, -0.15) is 0 Å². The normalized spacial score (nSPS) is 48.8. The summed E-state index contributed by atoms with van der Waals surface area (Å²) in [6, 6.07) is 0.188. The van der Waals surface area contributed by atoms with Crippen molar-refractivity contribution >= 4 is 0 Å². The summed E-state index contributed by atoms with van der Waals surface area (Å²) >= 11 is 0. The van der Waals surface area contributed by atoms with Gasteiger partial charge in [-0.05, 0) is 12.8 Å².